The molecule has 0 spiro atoms. The first-order valence-corrected chi connectivity index (χ1v) is 9.79. The number of carbonyl (C=O) groups is 2. The van der Waals surface area contributed by atoms with Gasteiger partial charge in [0.05, 0.1) is 13.1 Å². The summed E-state index contributed by atoms with van der Waals surface area (Å²) in [5.74, 6) is 0.969. The summed E-state index contributed by atoms with van der Waals surface area (Å²) in [6.45, 7) is 1.03. The summed E-state index contributed by atoms with van der Waals surface area (Å²) in [5, 5.41) is 10.6. The lowest BCUT2D eigenvalue weighted by molar-refractivity contribution is -0.301. The molecule has 0 atom stereocenters. The van der Waals surface area contributed by atoms with Crippen molar-refractivity contribution in [3.63, 3.8) is 0 Å². The second-order valence-corrected chi connectivity index (χ2v) is 6.98. The van der Waals surface area contributed by atoms with E-state index in [2.05, 4.69) is 0 Å². The largest absolute Gasteiger partial charge is 0.549 e. The quantitative estimate of drug-likeness (QED) is 0.498. The number of methoxy groups -OCH3 is 1. The summed E-state index contributed by atoms with van der Waals surface area (Å²) in [5.41, 5.74) is 2.09. The second kappa shape index (κ2) is 9.32. The Labute approximate surface area is 167 Å². The molecule has 0 aromatic heterocycles. The number of aliphatic carboxylic acids is 1. The molecular formula is C21H19O6S-. The van der Waals surface area contributed by atoms with Gasteiger partial charge in [0.2, 0.25) is 0 Å². The Morgan fingerprint density at radius 2 is 1.93 bits per heavy atom. The maximum absolute atomic E-state index is 12.5. The summed E-state index contributed by atoms with van der Waals surface area (Å²) >= 11 is 1.19. The standard InChI is InChI=1S/C21H20O6S/c1-25-18-7-4-15(11-16(18)12-28-13-21(23)24)17(22)5-2-14-3-6-19-20(10-14)27-9-8-26-19/h2-7,10-11H,8-9,12-13H2,1H3,(H,23,24)/p-1/b5-2+. The summed E-state index contributed by atoms with van der Waals surface area (Å²) in [6, 6.07) is 10.6. The van der Waals surface area contributed by atoms with Gasteiger partial charge >= 0.3 is 0 Å². The maximum atomic E-state index is 12.5. The number of ketones is 1. The van der Waals surface area contributed by atoms with Crippen molar-refractivity contribution >= 4 is 29.6 Å². The van der Waals surface area contributed by atoms with E-state index in [9.17, 15) is 14.7 Å². The van der Waals surface area contributed by atoms with E-state index in [1.165, 1.54) is 24.9 Å². The molecule has 3 rings (SSSR count). The third kappa shape index (κ3) is 5.07. The van der Waals surface area contributed by atoms with Crippen molar-refractivity contribution in [3.05, 3.63) is 59.2 Å². The van der Waals surface area contributed by atoms with Gasteiger partial charge in [0.1, 0.15) is 19.0 Å². The van der Waals surface area contributed by atoms with Gasteiger partial charge in [-0.3, -0.25) is 4.79 Å². The SMILES string of the molecule is COc1ccc(C(=O)/C=C/c2ccc3c(c2)OCCO3)cc1CSCC(=O)[O-]. The molecular weight excluding hydrogens is 380 g/mol. The van der Waals surface area contributed by atoms with Gasteiger partial charge in [0, 0.05) is 22.6 Å². The molecule has 1 aliphatic rings. The molecule has 1 aliphatic heterocycles. The van der Waals surface area contributed by atoms with Gasteiger partial charge in [-0.15, -0.1) is 0 Å². The number of thioether (sulfide) groups is 1. The van der Waals surface area contributed by atoms with E-state index >= 15 is 0 Å². The Balaban J connectivity index is 1.72. The topological polar surface area (TPSA) is 84.9 Å². The Kier molecular flexibility index (Phi) is 6.60. The minimum Gasteiger partial charge on any atom is -0.549 e. The van der Waals surface area contributed by atoms with Gasteiger partial charge in [-0.2, -0.15) is 11.8 Å². The Morgan fingerprint density at radius 1 is 1.14 bits per heavy atom. The van der Waals surface area contributed by atoms with Crippen LogP contribution in [-0.4, -0.2) is 37.8 Å². The van der Waals surface area contributed by atoms with Crippen molar-refractivity contribution in [2.75, 3.05) is 26.1 Å². The monoisotopic (exact) mass is 399 g/mol. The highest BCUT2D eigenvalue weighted by atomic mass is 32.2. The molecule has 0 saturated heterocycles. The van der Waals surface area contributed by atoms with Crippen LogP contribution in [0.2, 0.25) is 0 Å². The lowest BCUT2D eigenvalue weighted by Gasteiger charge is -2.18. The van der Waals surface area contributed by atoms with Gasteiger partial charge in [-0.25, -0.2) is 0 Å². The van der Waals surface area contributed by atoms with Crippen LogP contribution in [0.1, 0.15) is 21.5 Å². The molecule has 0 radical (unpaired) electrons. The van der Waals surface area contributed by atoms with Crippen LogP contribution >= 0.6 is 11.8 Å². The molecule has 0 bridgehead atoms. The number of rotatable bonds is 8. The molecule has 0 unspecified atom stereocenters. The Bertz CT molecular complexity index is 906. The van der Waals surface area contributed by atoms with Crippen LogP contribution in [0.3, 0.4) is 0 Å². The number of carboxylic acids is 1. The van der Waals surface area contributed by atoms with Crippen LogP contribution in [0.15, 0.2) is 42.5 Å². The van der Waals surface area contributed by atoms with Crippen LogP contribution in [0.5, 0.6) is 17.2 Å². The number of ether oxygens (including phenoxy) is 3. The maximum Gasteiger partial charge on any atom is 0.185 e. The van der Waals surface area contributed by atoms with Crippen molar-refractivity contribution in [3.8, 4) is 17.2 Å². The summed E-state index contributed by atoms with van der Waals surface area (Å²) in [4.78, 5) is 23.1. The van der Waals surface area contributed by atoms with E-state index in [-0.39, 0.29) is 11.5 Å². The zero-order valence-electron chi connectivity index (χ0n) is 15.3. The first-order valence-electron chi connectivity index (χ1n) is 8.63. The fraction of sp³-hybridized carbons (Fsp3) is 0.238. The van der Waals surface area contributed by atoms with E-state index in [0.29, 0.717) is 41.8 Å². The highest BCUT2D eigenvalue weighted by molar-refractivity contribution is 7.99. The summed E-state index contributed by atoms with van der Waals surface area (Å²) in [6.07, 6.45) is 3.21. The minimum absolute atomic E-state index is 0.120. The Hall–Kier alpha value is -2.93. The molecule has 0 aliphatic carbocycles. The zero-order chi connectivity index (χ0) is 19.9. The van der Waals surface area contributed by atoms with Gasteiger partial charge in [0.15, 0.2) is 17.3 Å². The minimum atomic E-state index is -1.13. The van der Waals surface area contributed by atoms with Crippen molar-refractivity contribution in [1.82, 2.24) is 0 Å². The fourth-order valence-corrected chi connectivity index (χ4v) is 3.43. The van der Waals surface area contributed by atoms with E-state index in [0.717, 1.165) is 11.1 Å². The average Bonchev–Trinajstić information content (AvgIpc) is 2.71. The highest BCUT2D eigenvalue weighted by Gasteiger charge is 2.12. The average molecular weight is 399 g/mol. The number of carbonyl (C=O) groups excluding carboxylic acids is 2. The van der Waals surface area contributed by atoms with Crippen LogP contribution in [-0.2, 0) is 10.5 Å². The lowest BCUT2D eigenvalue weighted by Crippen LogP contribution is -2.24. The van der Waals surface area contributed by atoms with Gasteiger partial charge in [-0.1, -0.05) is 12.1 Å². The molecule has 2 aromatic carbocycles. The number of hydrogen-bond donors (Lipinski definition) is 0. The second-order valence-electron chi connectivity index (χ2n) is 5.99. The predicted octanol–water partition coefficient (Wildman–Crippen LogP) is 2.35. The first kappa shape index (κ1) is 19.8. The fourth-order valence-electron chi connectivity index (χ4n) is 2.72. The molecule has 6 nitrogen and oxygen atoms in total. The number of allylic oxidation sites excluding steroid dienone is 1. The molecule has 0 amide bonds. The third-order valence-electron chi connectivity index (χ3n) is 4.04. The predicted molar refractivity (Wildman–Crippen MR) is 105 cm³/mol. The number of hydrogen-bond acceptors (Lipinski definition) is 7. The van der Waals surface area contributed by atoms with Crippen molar-refractivity contribution in [1.29, 1.82) is 0 Å². The van der Waals surface area contributed by atoms with E-state index in [1.54, 1.807) is 24.3 Å². The van der Waals surface area contributed by atoms with Crippen molar-refractivity contribution < 1.29 is 28.9 Å². The van der Waals surface area contributed by atoms with Crippen LogP contribution < -0.4 is 19.3 Å². The molecule has 146 valence electrons. The Morgan fingerprint density at radius 3 is 2.68 bits per heavy atom. The number of carboxylic acid groups (broad SMARTS) is 1. The third-order valence-corrected chi connectivity index (χ3v) is 4.99. The molecule has 0 saturated carbocycles. The van der Waals surface area contributed by atoms with Gasteiger partial charge < -0.3 is 24.1 Å². The molecule has 0 fully saturated rings. The van der Waals surface area contributed by atoms with Gasteiger partial charge in [-0.05, 0) is 42.0 Å². The van der Waals surface area contributed by atoms with E-state index < -0.39 is 5.97 Å². The zero-order valence-corrected chi connectivity index (χ0v) is 16.1. The summed E-state index contributed by atoms with van der Waals surface area (Å²) in [7, 11) is 1.53. The smallest absolute Gasteiger partial charge is 0.185 e. The first-order chi connectivity index (χ1) is 13.6. The molecule has 28 heavy (non-hydrogen) atoms. The molecule has 1 heterocycles. The van der Waals surface area contributed by atoms with Crippen molar-refractivity contribution in [2.24, 2.45) is 0 Å². The highest BCUT2D eigenvalue weighted by Crippen LogP contribution is 2.31. The summed E-state index contributed by atoms with van der Waals surface area (Å²) < 4.78 is 16.3. The molecule has 2 aromatic rings. The van der Waals surface area contributed by atoms with Crippen LogP contribution in [0.4, 0.5) is 0 Å². The molecule has 7 heteroatoms. The van der Waals surface area contributed by atoms with Crippen molar-refractivity contribution in [2.45, 2.75) is 5.75 Å². The molecule has 0 N–H and O–H groups in total. The number of fused-ring (bicyclic) bond motifs is 1. The lowest BCUT2D eigenvalue weighted by atomic mass is 10.1. The number of benzene rings is 2. The normalized spacial score (nSPS) is 12.8. The van der Waals surface area contributed by atoms with E-state index in [1.807, 2.05) is 18.2 Å². The van der Waals surface area contributed by atoms with E-state index in [4.69, 9.17) is 14.2 Å². The van der Waals surface area contributed by atoms with Crippen LogP contribution in [0.25, 0.3) is 6.08 Å². The van der Waals surface area contributed by atoms with Gasteiger partial charge in [0.25, 0.3) is 0 Å². The van der Waals surface area contributed by atoms with Crippen LogP contribution in [0, 0.1) is 0 Å².